The van der Waals surface area contributed by atoms with Gasteiger partial charge in [0.25, 0.3) is 11.4 Å². The summed E-state index contributed by atoms with van der Waals surface area (Å²) in [6.45, 7) is 3.75. The predicted molar refractivity (Wildman–Crippen MR) is 143 cm³/mol. The van der Waals surface area contributed by atoms with E-state index in [1.807, 2.05) is 30.4 Å². The van der Waals surface area contributed by atoms with Gasteiger partial charge in [-0.15, -0.1) is 0 Å². The first-order chi connectivity index (χ1) is 18.7. The maximum absolute atomic E-state index is 11.3. The number of fused-ring (bicyclic) bond motifs is 2. The van der Waals surface area contributed by atoms with Crippen LogP contribution in [0.2, 0.25) is 0 Å². The largest absolute Gasteiger partial charge is 0.463 e. The number of anilines is 1. The van der Waals surface area contributed by atoms with Gasteiger partial charge in [-0.1, -0.05) is 18.2 Å². The number of hydrogen-bond donors (Lipinski definition) is 0. The van der Waals surface area contributed by atoms with Crippen molar-refractivity contribution in [3.05, 3.63) is 104 Å². The summed E-state index contributed by atoms with van der Waals surface area (Å²) in [5.41, 5.74) is 1.23. The topological polar surface area (TPSA) is 126 Å². The van der Waals surface area contributed by atoms with E-state index in [-0.39, 0.29) is 18.0 Å². The molecule has 0 fully saturated rings. The van der Waals surface area contributed by atoms with Crippen LogP contribution in [0.25, 0.3) is 6.08 Å². The first-order valence-electron chi connectivity index (χ1n) is 12.3. The number of hydrogen-bond acceptors (Lipinski definition) is 9. The molecule has 2 aliphatic rings. The van der Waals surface area contributed by atoms with Crippen molar-refractivity contribution in [1.29, 1.82) is 0 Å². The van der Waals surface area contributed by atoms with E-state index in [0.717, 1.165) is 11.3 Å². The van der Waals surface area contributed by atoms with Gasteiger partial charge in [0.05, 0.1) is 21.9 Å². The van der Waals surface area contributed by atoms with Crippen molar-refractivity contribution >= 4 is 23.1 Å². The number of rotatable bonds is 9. The molecular formula is C28H27N3O8. The van der Waals surface area contributed by atoms with Crippen LogP contribution in [0.5, 0.6) is 11.5 Å². The molecule has 0 amide bonds. The molecule has 11 heteroatoms. The number of nitrogens with zero attached hydrogens (tertiary/aromatic N) is 3. The van der Waals surface area contributed by atoms with E-state index >= 15 is 0 Å². The van der Waals surface area contributed by atoms with E-state index in [9.17, 15) is 20.2 Å². The van der Waals surface area contributed by atoms with Gasteiger partial charge in [-0.3, -0.25) is 20.2 Å². The fourth-order valence-electron chi connectivity index (χ4n) is 5.14. The molecule has 3 aromatic carbocycles. The van der Waals surface area contributed by atoms with Crippen LogP contribution in [0.3, 0.4) is 0 Å². The molecule has 5 rings (SSSR count). The fraction of sp³-hybridized carbons (Fsp3) is 0.286. The van der Waals surface area contributed by atoms with E-state index in [1.54, 1.807) is 6.07 Å². The van der Waals surface area contributed by atoms with Gasteiger partial charge >= 0.3 is 6.48 Å². The minimum atomic E-state index is -1.04. The summed E-state index contributed by atoms with van der Waals surface area (Å²) in [5.74, 6) is 0.909. The second kappa shape index (κ2) is 10.0. The average molecular weight is 534 g/mol. The molecular weight excluding hydrogens is 506 g/mol. The molecule has 0 saturated carbocycles. The normalized spacial score (nSPS) is 19.2. The molecule has 2 heterocycles. The van der Waals surface area contributed by atoms with E-state index in [1.165, 1.54) is 43.5 Å². The lowest BCUT2D eigenvalue weighted by Gasteiger charge is -2.47. The average Bonchev–Trinajstić information content (AvgIpc) is 3.10. The minimum absolute atomic E-state index is 0.00389. The first kappa shape index (κ1) is 26.1. The quantitative estimate of drug-likeness (QED) is 0.201. The number of para-hydroxylation sites is 1. The highest BCUT2D eigenvalue weighted by Crippen LogP contribution is 2.54. The Kier molecular flexibility index (Phi) is 6.71. The van der Waals surface area contributed by atoms with Crippen LogP contribution in [0.15, 0.2) is 72.8 Å². The molecule has 202 valence electrons. The van der Waals surface area contributed by atoms with Gasteiger partial charge < -0.3 is 23.8 Å². The number of ether oxygens (including phenoxy) is 4. The third-order valence-corrected chi connectivity index (χ3v) is 7.16. The van der Waals surface area contributed by atoms with E-state index in [0.29, 0.717) is 23.6 Å². The Morgan fingerprint density at radius 3 is 2.36 bits per heavy atom. The first-order valence-corrected chi connectivity index (χ1v) is 12.3. The maximum atomic E-state index is 11.3. The Hall–Kier alpha value is -4.48. The second-order valence-electron chi connectivity index (χ2n) is 9.67. The molecule has 1 spiro atoms. The zero-order valence-corrected chi connectivity index (χ0v) is 21.6. The van der Waals surface area contributed by atoms with E-state index in [2.05, 4.69) is 24.8 Å². The number of benzene rings is 3. The third kappa shape index (κ3) is 4.55. The van der Waals surface area contributed by atoms with Crippen LogP contribution >= 0.6 is 0 Å². The van der Waals surface area contributed by atoms with Crippen molar-refractivity contribution in [2.24, 2.45) is 0 Å². The SMILES string of the molecule is COC(OCCN1c2ccccc2C(C)(C)C12C=Cc1cc([N+](=O)[O-])ccc1O2)Oc1ccc([N+](=O)[O-])cc1. The Morgan fingerprint density at radius 1 is 0.974 bits per heavy atom. The Bertz CT molecular complexity index is 1440. The van der Waals surface area contributed by atoms with E-state index < -0.39 is 27.5 Å². The number of nitro groups is 2. The van der Waals surface area contributed by atoms with Crippen LogP contribution in [-0.4, -0.2) is 42.3 Å². The molecule has 0 N–H and O–H groups in total. The minimum Gasteiger partial charge on any atom is -0.463 e. The van der Waals surface area contributed by atoms with Crippen LogP contribution in [0.4, 0.5) is 17.1 Å². The Balaban J connectivity index is 1.37. The third-order valence-electron chi connectivity index (χ3n) is 7.16. The van der Waals surface area contributed by atoms with Crippen LogP contribution in [0, 0.1) is 20.2 Å². The smallest absolute Gasteiger partial charge is 0.315 e. The van der Waals surface area contributed by atoms with Crippen molar-refractivity contribution in [2.75, 3.05) is 25.2 Å². The molecule has 0 saturated heterocycles. The van der Waals surface area contributed by atoms with Crippen molar-refractivity contribution < 1.29 is 28.8 Å². The van der Waals surface area contributed by atoms with Crippen LogP contribution in [0.1, 0.15) is 25.0 Å². The standard InChI is InChI=1S/C28H27N3O8/c1-27(2)23-6-4-5-7-24(23)29(28(27)15-14-19-18-21(31(34)35)10-13-25(19)39-28)16-17-37-26(36-3)38-22-11-8-20(9-12-22)30(32)33/h4-15,18,26H,16-17H2,1-3H3. The highest BCUT2D eigenvalue weighted by Gasteiger charge is 2.58. The highest BCUT2D eigenvalue weighted by atomic mass is 16.8. The summed E-state index contributed by atoms with van der Waals surface area (Å²) in [6.07, 6.45) is 3.81. The zero-order valence-electron chi connectivity index (χ0n) is 21.6. The fourth-order valence-corrected chi connectivity index (χ4v) is 5.14. The molecule has 0 aromatic heterocycles. The summed E-state index contributed by atoms with van der Waals surface area (Å²) >= 11 is 0. The molecule has 11 nitrogen and oxygen atoms in total. The van der Waals surface area contributed by atoms with E-state index in [4.69, 9.17) is 18.9 Å². The summed E-state index contributed by atoms with van der Waals surface area (Å²) in [4.78, 5) is 23.4. The molecule has 0 bridgehead atoms. The molecule has 3 aromatic rings. The van der Waals surface area contributed by atoms with Crippen molar-refractivity contribution in [3.8, 4) is 11.5 Å². The van der Waals surface area contributed by atoms with Gasteiger partial charge in [0.1, 0.15) is 11.5 Å². The molecule has 2 atom stereocenters. The number of non-ortho nitro benzene ring substituents is 2. The second-order valence-corrected chi connectivity index (χ2v) is 9.67. The molecule has 0 radical (unpaired) electrons. The number of methoxy groups -OCH3 is 1. The summed E-state index contributed by atoms with van der Waals surface area (Å²) in [7, 11) is 1.44. The molecule has 2 aliphatic heterocycles. The lowest BCUT2D eigenvalue weighted by Crippen LogP contribution is -2.60. The number of nitro benzene ring substituents is 2. The lowest BCUT2D eigenvalue weighted by atomic mass is 9.76. The van der Waals surface area contributed by atoms with Crippen molar-refractivity contribution in [1.82, 2.24) is 0 Å². The zero-order chi connectivity index (χ0) is 27.8. The molecule has 2 unspecified atom stereocenters. The van der Waals surface area contributed by atoms with Gasteiger partial charge in [-0.05, 0) is 55.8 Å². The summed E-state index contributed by atoms with van der Waals surface area (Å²) in [6, 6.07) is 18.2. The van der Waals surface area contributed by atoms with Crippen LogP contribution in [-0.2, 0) is 14.9 Å². The van der Waals surface area contributed by atoms with Gasteiger partial charge in [-0.25, -0.2) is 0 Å². The van der Waals surface area contributed by atoms with Gasteiger partial charge in [0.2, 0.25) is 5.72 Å². The Morgan fingerprint density at radius 2 is 1.67 bits per heavy atom. The van der Waals surface area contributed by atoms with Crippen molar-refractivity contribution in [3.63, 3.8) is 0 Å². The Labute approximate surface area is 224 Å². The summed E-state index contributed by atoms with van der Waals surface area (Å²) < 4.78 is 23.6. The molecule has 39 heavy (non-hydrogen) atoms. The van der Waals surface area contributed by atoms with Gasteiger partial charge in [0.15, 0.2) is 0 Å². The van der Waals surface area contributed by atoms with Crippen LogP contribution < -0.4 is 14.4 Å². The van der Waals surface area contributed by atoms with Crippen molar-refractivity contribution in [2.45, 2.75) is 31.5 Å². The highest BCUT2D eigenvalue weighted by molar-refractivity contribution is 5.73. The molecule has 0 aliphatic carbocycles. The monoisotopic (exact) mass is 533 g/mol. The van der Waals surface area contributed by atoms with Gasteiger partial charge in [-0.2, -0.15) is 0 Å². The summed E-state index contributed by atoms with van der Waals surface area (Å²) in [5, 5.41) is 22.2. The van der Waals surface area contributed by atoms with Gasteiger partial charge in [0, 0.05) is 49.2 Å². The maximum Gasteiger partial charge on any atom is 0.315 e. The lowest BCUT2D eigenvalue weighted by molar-refractivity contribution is -0.385. The predicted octanol–water partition coefficient (Wildman–Crippen LogP) is 5.43.